The lowest BCUT2D eigenvalue weighted by atomic mass is 9.87. The number of nitrogen functional groups attached to an aromatic ring is 1. The van der Waals surface area contributed by atoms with Crippen LogP contribution < -0.4 is 11.5 Å². The van der Waals surface area contributed by atoms with Gasteiger partial charge in [-0.25, -0.2) is 22.8 Å². The quantitative estimate of drug-likeness (QED) is 0.273. The molecular weight excluding hydrogens is 515 g/mol. The van der Waals surface area contributed by atoms with Crippen molar-refractivity contribution in [2.75, 3.05) is 12.0 Å². The van der Waals surface area contributed by atoms with Gasteiger partial charge in [0.05, 0.1) is 18.5 Å². The van der Waals surface area contributed by atoms with Crippen LogP contribution in [0.15, 0.2) is 34.3 Å². The minimum atomic E-state index is -3.82. The first-order valence-corrected chi connectivity index (χ1v) is 13.9. The number of amides is 1. The molecule has 0 radical (unpaired) electrons. The lowest BCUT2D eigenvalue weighted by Gasteiger charge is -2.39. The number of nitrogens with zero attached hydrogens (tertiary/aromatic N) is 5. The number of sulfone groups is 1. The number of rotatable bonds is 5. The van der Waals surface area contributed by atoms with Crippen molar-refractivity contribution in [3.63, 3.8) is 0 Å². The molecule has 2 aliphatic rings. The van der Waals surface area contributed by atoms with Gasteiger partial charge in [0.2, 0.25) is 0 Å². The molecule has 0 aliphatic carbocycles. The van der Waals surface area contributed by atoms with Crippen LogP contribution in [0.1, 0.15) is 42.9 Å². The highest BCUT2D eigenvalue weighted by atomic mass is 32.2. The van der Waals surface area contributed by atoms with Gasteiger partial charge in [0, 0.05) is 35.4 Å². The average Bonchev–Trinajstić information content (AvgIpc) is 3.40. The van der Waals surface area contributed by atoms with Gasteiger partial charge >= 0.3 is 0 Å². The Morgan fingerprint density at radius 2 is 2.00 bits per heavy atom. The van der Waals surface area contributed by atoms with E-state index in [4.69, 9.17) is 21.9 Å². The summed E-state index contributed by atoms with van der Waals surface area (Å²) in [6.45, 7) is -0.448. The van der Waals surface area contributed by atoms with Crippen LogP contribution in [0.4, 0.5) is 10.2 Å². The van der Waals surface area contributed by atoms with E-state index in [1.54, 1.807) is 11.0 Å². The third-order valence-corrected chi connectivity index (χ3v) is 8.51. The highest BCUT2D eigenvalue weighted by molar-refractivity contribution is 7.91. The first kappa shape index (κ1) is 25.7. The summed E-state index contributed by atoms with van der Waals surface area (Å²) in [6.07, 6.45) is 5.52. The number of carbonyl (C=O) groups excluding carboxylic acids is 1. The largest absolute Gasteiger partial charge is 0.392 e. The maximum Gasteiger partial charge on any atom is 0.289 e. The van der Waals surface area contributed by atoms with Crippen molar-refractivity contribution in [1.29, 1.82) is 5.41 Å². The summed E-state index contributed by atoms with van der Waals surface area (Å²) in [4.78, 5) is 22.8. The zero-order valence-corrected chi connectivity index (χ0v) is 21.3. The van der Waals surface area contributed by atoms with E-state index in [2.05, 4.69) is 10.1 Å². The van der Waals surface area contributed by atoms with Crippen molar-refractivity contribution in [2.45, 2.75) is 55.2 Å². The van der Waals surface area contributed by atoms with Gasteiger partial charge < -0.3 is 21.5 Å². The number of piperidine rings is 1. The van der Waals surface area contributed by atoms with E-state index >= 15 is 0 Å². The average molecular weight is 543 g/mol. The Balaban J connectivity index is 1.61. The normalized spacial score (nSPS) is 21.7. The number of fused-ring (bicyclic) bond motifs is 3. The third kappa shape index (κ3) is 4.19. The second-order valence-electron chi connectivity index (χ2n) is 9.65. The summed E-state index contributed by atoms with van der Waals surface area (Å²) >= 11 is 0. The Kier molecular flexibility index (Phi) is 6.39. The molecule has 4 heterocycles. The molecule has 0 saturated carbocycles. The molecule has 2 fully saturated rings. The predicted octanol–water partition coefficient (Wildman–Crippen LogP) is 1.21. The number of nitrogens with two attached hydrogens (primary N) is 2. The van der Waals surface area contributed by atoms with E-state index in [9.17, 15) is 22.7 Å². The van der Waals surface area contributed by atoms with Crippen molar-refractivity contribution in [3.05, 3.63) is 41.5 Å². The van der Waals surface area contributed by atoms with Gasteiger partial charge in [-0.15, -0.1) is 0 Å². The SMILES string of the molecule is CS(=O)(=O)c1c(C2C[C@H]3CC[C@@H](C2)N3C(=O)C(N)=NC=N)nc2c(-c3ccc(CO)c(F)c3)cnn2c1N. The molecule has 5 rings (SSSR count). The lowest BCUT2D eigenvalue weighted by molar-refractivity contribution is -0.128. The number of aliphatic hydroxyl groups excluding tert-OH is 1. The molecule has 3 atom stereocenters. The fraction of sp³-hybridized carbons (Fsp3) is 0.375. The fourth-order valence-corrected chi connectivity index (χ4v) is 6.77. The summed E-state index contributed by atoms with van der Waals surface area (Å²) < 4.78 is 41.5. The van der Waals surface area contributed by atoms with Crippen LogP contribution in [-0.4, -0.2) is 69.4 Å². The Labute approximate surface area is 217 Å². The van der Waals surface area contributed by atoms with Crippen molar-refractivity contribution in [1.82, 2.24) is 19.5 Å². The molecule has 1 aromatic carbocycles. The van der Waals surface area contributed by atoms with Gasteiger partial charge in [0.15, 0.2) is 21.3 Å². The second-order valence-corrected chi connectivity index (χ2v) is 11.6. The minimum Gasteiger partial charge on any atom is -0.392 e. The summed E-state index contributed by atoms with van der Waals surface area (Å²) in [5, 5.41) is 20.6. The van der Waals surface area contributed by atoms with Crippen LogP contribution in [0.3, 0.4) is 0 Å². The van der Waals surface area contributed by atoms with Crippen LogP contribution in [0.5, 0.6) is 0 Å². The molecule has 2 aromatic heterocycles. The van der Waals surface area contributed by atoms with Crippen LogP contribution in [0.25, 0.3) is 16.8 Å². The van der Waals surface area contributed by atoms with Gasteiger partial charge in [-0.1, -0.05) is 12.1 Å². The molecular formula is C24H27FN8O4S. The maximum atomic E-state index is 14.4. The third-order valence-electron chi connectivity index (χ3n) is 7.35. The number of aliphatic hydroxyl groups is 1. The van der Waals surface area contributed by atoms with Crippen molar-refractivity contribution >= 4 is 39.4 Å². The molecule has 1 unspecified atom stereocenters. The molecule has 200 valence electrons. The zero-order chi connectivity index (χ0) is 27.4. The number of carbonyl (C=O) groups is 1. The smallest absolute Gasteiger partial charge is 0.289 e. The van der Waals surface area contributed by atoms with Crippen molar-refractivity contribution < 1.29 is 22.7 Å². The molecule has 1 amide bonds. The van der Waals surface area contributed by atoms with Crippen LogP contribution >= 0.6 is 0 Å². The monoisotopic (exact) mass is 542 g/mol. The van der Waals surface area contributed by atoms with E-state index in [1.165, 1.54) is 22.8 Å². The molecule has 12 nitrogen and oxygen atoms in total. The molecule has 2 bridgehead atoms. The molecule has 0 spiro atoms. The number of aliphatic imine (C=N–C) groups is 1. The number of anilines is 1. The first-order chi connectivity index (χ1) is 18.0. The van der Waals surface area contributed by atoms with Gasteiger partial charge in [0.25, 0.3) is 5.91 Å². The lowest BCUT2D eigenvalue weighted by Crippen LogP contribution is -2.50. The number of hydrogen-bond donors (Lipinski definition) is 4. The molecule has 2 saturated heterocycles. The van der Waals surface area contributed by atoms with E-state index in [-0.39, 0.29) is 51.5 Å². The zero-order valence-electron chi connectivity index (χ0n) is 20.5. The molecule has 3 aromatic rings. The highest BCUT2D eigenvalue weighted by Gasteiger charge is 2.46. The summed E-state index contributed by atoms with van der Waals surface area (Å²) in [7, 11) is -3.82. The predicted molar refractivity (Wildman–Crippen MR) is 138 cm³/mol. The van der Waals surface area contributed by atoms with Crippen LogP contribution in [-0.2, 0) is 21.2 Å². The van der Waals surface area contributed by atoms with Gasteiger partial charge in [0.1, 0.15) is 22.9 Å². The number of benzene rings is 1. The topological polar surface area (TPSA) is 193 Å². The van der Waals surface area contributed by atoms with E-state index < -0.39 is 28.2 Å². The van der Waals surface area contributed by atoms with E-state index in [0.717, 1.165) is 6.26 Å². The molecule has 2 aliphatic heterocycles. The van der Waals surface area contributed by atoms with Crippen LogP contribution in [0, 0.1) is 11.2 Å². The molecule has 14 heteroatoms. The standard InChI is InChI=1S/C24H27FN8O4S/c1-38(36,37)20-19(14-6-15-4-5-16(7-14)32(15)24(35)21(27)29-11-26)31-23-17(9-30-33(23)22(20)28)12-2-3-13(10-34)18(25)8-12/h2-3,8-9,11,14-16,34H,4-7,10,28H2,1H3,(H3,26,27,29)/t14?,15-,16+. The number of aromatic nitrogens is 3. The number of amidine groups is 1. The first-order valence-electron chi connectivity index (χ1n) is 12.0. The molecule has 6 N–H and O–H groups in total. The fourth-order valence-electron chi connectivity index (χ4n) is 5.71. The highest BCUT2D eigenvalue weighted by Crippen LogP contribution is 2.45. The van der Waals surface area contributed by atoms with E-state index in [1.807, 2.05) is 0 Å². The van der Waals surface area contributed by atoms with Crippen LogP contribution in [0.2, 0.25) is 0 Å². The number of nitrogens with one attached hydrogen (secondary N) is 1. The van der Waals surface area contributed by atoms with Gasteiger partial charge in [-0.3, -0.25) is 10.2 Å². The molecule has 38 heavy (non-hydrogen) atoms. The second kappa shape index (κ2) is 9.44. The van der Waals surface area contributed by atoms with Crippen molar-refractivity contribution in [3.8, 4) is 11.1 Å². The Morgan fingerprint density at radius 1 is 1.32 bits per heavy atom. The maximum absolute atomic E-state index is 14.4. The summed E-state index contributed by atoms with van der Waals surface area (Å²) in [5.41, 5.74) is 13.7. The summed E-state index contributed by atoms with van der Waals surface area (Å²) in [6, 6.07) is 3.93. The van der Waals surface area contributed by atoms with Gasteiger partial charge in [-0.2, -0.15) is 9.61 Å². The van der Waals surface area contributed by atoms with Gasteiger partial charge in [-0.05, 0) is 37.3 Å². The van der Waals surface area contributed by atoms with Crippen molar-refractivity contribution in [2.24, 2.45) is 10.7 Å². The minimum absolute atomic E-state index is 0.0978. The Morgan fingerprint density at radius 3 is 2.58 bits per heavy atom. The number of halogens is 1. The summed E-state index contributed by atoms with van der Waals surface area (Å²) in [5.74, 6) is -1.73. The number of hydrogen-bond acceptors (Lipinski definition) is 8. The Hall–Kier alpha value is -3.91. The van der Waals surface area contributed by atoms with E-state index in [0.29, 0.717) is 43.1 Å². The Bertz CT molecular complexity index is 1590.